The van der Waals surface area contributed by atoms with Crippen LogP contribution in [-0.4, -0.2) is 11.1 Å². The summed E-state index contributed by atoms with van der Waals surface area (Å²) in [5.74, 6) is 0.0145. The summed E-state index contributed by atoms with van der Waals surface area (Å²) < 4.78 is 5.05. The first-order valence-electron chi connectivity index (χ1n) is 5.58. The van der Waals surface area contributed by atoms with Gasteiger partial charge in [0.25, 0.3) is 0 Å². The number of benzene rings is 2. The summed E-state index contributed by atoms with van der Waals surface area (Å²) >= 11 is 5.76. The van der Waals surface area contributed by atoms with Gasteiger partial charge in [-0.25, -0.2) is 4.79 Å². The highest BCUT2D eigenvalue weighted by Crippen LogP contribution is 2.16. The molecule has 0 bridgehead atoms. The molecule has 0 amide bonds. The van der Waals surface area contributed by atoms with Crippen LogP contribution in [0.2, 0.25) is 5.02 Å². The lowest BCUT2D eigenvalue weighted by Gasteiger charge is -2.00. The van der Waals surface area contributed by atoms with E-state index in [0.717, 1.165) is 5.56 Å². The zero-order valence-electron chi connectivity index (χ0n) is 9.92. The Hall–Kier alpha value is -2.26. The summed E-state index contributed by atoms with van der Waals surface area (Å²) in [4.78, 5) is 11.5. The van der Waals surface area contributed by atoms with Crippen molar-refractivity contribution in [3.8, 4) is 11.5 Å². The van der Waals surface area contributed by atoms with Crippen molar-refractivity contribution in [3.63, 3.8) is 0 Å². The Morgan fingerprint density at radius 2 is 1.68 bits per heavy atom. The third kappa shape index (κ3) is 4.16. The lowest BCUT2D eigenvalue weighted by Crippen LogP contribution is -2.03. The number of halogens is 1. The molecule has 1 N–H and O–H groups in total. The molecule has 2 aromatic carbocycles. The van der Waals surface area contributed by atoms with Crippen LogP contribution in [0.5, 0.6) is 11.5 Å². The summed E-state index contributed by atoms with van der Waals surface area (Å²) in [6.07, 6.45) is 2.97. The first-order valence-corrected chi connectivity index (χ1v) is 5.96. The number of aromatic hydroxyl groups is 1. The van der Waals surface area contributed by atoms with Crippen LogP contribution in [0.4, 0.5) is 0 Å². The van der Waals surface area contributed by atoms with Crippen LogP contribution in [0, 0.1) is 0 Å². The number of hydrogen-bond donors (Lipinski definition) is 1. The normalized spacial score (nSPS) is 10.6. The minimum atomic E-state index is -0.486. The first kappa shape index (κ1) is 13.2. The number of phenols is 1. The van der Waals surface area contributed by atoms with Gasteiger partial charge in [0.1, 0.15) is 11.5 Å². The standard InChI is InChI=1S/C15H11ClO3/c16-12-4-1-11(2-5-12)3-10-15(18)19-14-8-6-13(17)7-9-14/h1-10,17H/b10-3+. The molecule has 96 valence electrons. The molecule has 0 saturated heterocycles. The number of phenolic OH excluding ortho intramolecular Hbond substituents is 1. The van der Waals surface area contributed by atoms with Gasteiger partial charge in [-0.05, 0) is 48.0 Å². The molecule has 0 aliphatic rings. The van der Waals surface area contributed by atoms with Crippen molar-refractivity contribution in [1.82, 2.24) is 0 Å². The van der Waals surface area contributed by atoms with Gasteiger partial charge in [0, 0.05) is 11.1 Å². The molecule has 2 aromatic rings. The number of rotatable bonds is 3. The molecule has 0 unspecified atom stereocenters. The van der Waals surface area contributed by atoms with Gasteiger partial charge < -0.3 is 9.84 Å². The maximum atomic E-state index is 11.5. The number of carbonyl (C=O) groups excluding carboxylic acids is 1. The number of ether oxygens (including phenoxy) is 1. The van der Waals surface area contributed by atoms with E-state index < -0.39 is 5.97 Å². The van der Waals surface area contributed by atoms with Crippen molar-refractivity contribution >= 4 is 23.6 Å². The third-order valence-electron chi connectivity index (χ3n) is 2.34. The molecule has 0 atom stereocenters. The Balaban J connectivity index is 1.97. The largest absolute Gasteiger partial charge is 0.508 e. The number of hydrogen-bond acceptors (Lipinski definition) is 3. The van der Waals surface area contributed by atoms with Gasteiger partial charge in [-0.2, -0.15) is 0 Å². The minimum absolute atomic E-state index is 0.122. The predicted octanol–water partition coefficient (Wildman–Crippen LogP) is 3.66. The molecular formula is C15H11ClO3. The van der Waals surface area contributed by atoms with Gasteiger partial charge in [0.05, 0.1) is 0 Å². The molecule has 19 heavy (non-hydrogen) atoms. The van der Waals surface area contributed by atoms with Crippen LogP contribution in [0.25, 0.3) is 6.08 Å². The van der Waals surface area contributed by atoms with Crippen molar-refractivity contribution in [2.45, 2.75) is 0 Å². The summed E-state index contributed by atoms with van der Waals surface area (Å²) in [5.41, 5.74) is 0.854. The van der Waals surface area contributed by atoms with Crippen molar-refractivity contribution in [3.05, 3.63) is 65.2 Å². The van der Waals surface area contributed by atoms with E-state index >= 15 is 0 Å². The zero-order valence-corrected chi connectivity index (χ0v) is 10.7. The van der Waals surface area contributed by atoms with Crippen molar-refractivity contribution in [2.24, 2.45) is 0 Å². The van der Waals surface area contributed by atoms with Crippen molar-refractivity contribution in [2.75, 3.05) is 0 Å². The van der Waals surface area contributed by atoms with Gasteiger partial charge in [0.15, 0.2) is 0 Å². The van der Waals surface area contributed by atoms with Gasteiger partial charge >= 0.3 is 5.97 Å². The molecular weight excluding hydrogens is 264 g/mol. The van der Waals surface area contributed by atoms with E-state index in [1.807, 2.05) is 0 Å². The zero-order chi connectivity index (χ0) is 13.7. The van der Waals surface area contributed by atoms with E-state index in [1.165, 1.54) is 30.3 Å². The second-order valence-corrected chi connectivity index (χ2v) is 4.24. The Morgan fingerprint density at radius 1 is 1.05 bits per heavy atom. The second kappa shape index (κ2) is 6.07. The average Bonchev–Trinajstić information content (AvgIpc) is 2.41. The summed E-state index contributed by atoms with van der Waals surface area (Å²) in [6, 6.07) is 13.0. The van der Waals surface area contributed by atoms with E-state index in [2.05, 4.69) is 0 Å². The summed E-state index contributed by atoms with van der Waals surface area (Å²) in [7, 11) is 0. The first-order chi connectivity index (χ1) is 9.13. The molecule has 0 aliphatic heterocycles. The van der Waals surface area contributed by atoms with E-state index in [-0.39, 0.29) is 5.75 Å². The maximum Gasteiger partial charge on any atom is 0.336 e. The van der Waals surface area contributed by atoms with Gasteiger partial charge in [0.2, 0.25) is 0 Å². The van der Waals surface area contributed by atoms with Crippen molar-refractivity contribution in [1.29, 1.82) is 0 Å². The fraction of sp³-hybridized carbons (Fsp3) is 0. The van der Waals surface area contributed by atoms with E-state index in [4.69, 9.17) is 21.4 Å². The van der Waals surface area contributed by atoms with Gasteiger partial charge in [-0.3, -0.25) is 0 Å². The molecule has 0 aromatic heterocycles. The maximum absolute atomic E-state index is 11.5. The Bertz CT molecular complexity index is 586. The molecule has 0 aliphatic carbocycles. The molecule has 3 nitrogen and oxygen atoms in total. The highest BCUT2D eigenvalue weighted by atomic mass is 35.5. The minimum Gasteiger partial charge on any atom is -0.508 e. The highest BCUT2D eigenvalue weighted by molar-refractivity contribution is 6.30. The number of esters is 1. The molecule has 4 heteroatoms. The van der Waals surface area contributed by atoms with E-state index in [1.54, 1.807) is 30.3 Å². The predicted molar refractivity (Wildman–Crippen MR) is 74.2 cm³/mol. The fourth-order valence-corrected chi connectivity index (χ4v) is 1.53. The van der Waals surface area contributed by atoms with Crippen molar-refractivity contribution < 1.29 is 14.6 Å². The lowest BCUT2D eigenvalue weighted by atomic mass is 10.2. The summed E-state index contributed by atoms with van der Waals surface area (Å²) in [5, 5.41) is 9.74. The molecule has 0 fully saturated rings. The average molecular weight is 275 g/mol. The van der Waals surface area contributed by atoms with E-state index in [9.17, 15) is 4.79 Å². The van der Waals surface area contributed by atoms with Crippen LogP contribution in [0.3, 0.4) is 0 Å². The summed E-state index contributed by atoms with van der Waals surface area (Å²) in [6.45, 7) is 0. The molecule has 0 saturated carbocycles. The SMILES string of the molecule is O=C(/C=C/c1ccc(Cl)cc1)Oc1ccc(O)cc1. The lowest BCUT2D eigenvalue weighted by molar-refractivity contribution is -0.128. The molecule has 0 radical (unpaired) electrons. The third-order valence-corrected chi connectivity index (χ3v) is 2.59. The van der Waals surface area contributed by atoms with Crippen LogP contribution < -0.4 is 4.74 Å². The van der Waals surface area contributed by atoms with Crippen LogP contribution in [0.15, 0.2) is 54.6 Å². The van der Waals surface area contributed by atoms with Gasteiger partial charge in [-0.15, -0.1) is 0 Å². The van der Waals surface area contributed by atoms with E-state index in [0.29, 0.717) is 10.8 Å². The fourth-order valence-electron chi connectivity index (χ4n) is 1.40. The van der Waals surface area contributed by atoms with Gasteiger partial charge in [-0.1, -0.05) is 23.7 Å². The number of carbonyl (C=O) groups is 1. The Morgan fingerprint density at radius 3 is 2.32 bits per heavy atom. The molecule has 0 heterocycles. The monoisotopic (exact) mass is 274 g/mol. The Labute approximate surface area is 115 Å². The quantitative estimate of drug-likeness (QED) is 0.528. The molecule has 2 rings (SSSR count). The highest BCUT2D eigenvalue weighted by Gasteiger charge is 2.00. The Kier molecular flexibility index (Phi) is 4.21. The van der Waals surface area contributed by atoms with Crippen LogP contribution in [-0.2, 0) is 4.79 Å². The van der Waals surface area contributed by atoms with Crippen LogP contribution >= 0.6 is 11.6 Å². The topological polar surface area (TPSA) is 46.5 Å². The van der Waals surface area contributed by atoms with Crippen LogP contribution in [0.1, 0.15) is 5.56 Å². The second-order valence-electron chi connectivity index (χ2n) is 3.80. The smallest absolute Gasteiger partial charge is 0.336 e. The molecule has 0 spiro atoms.